The standard InChI is InChI=1S/C24H22Cl2N6O2S/c1-35(33,34)31-24(28-15-20-4-2-3-13-27-20)29-16-21-14-23(17-5-7-18(25)8-6-17)32(30-21)22-11-9-19(26)10-12-22/h2-14H,15-16H2,1H3,(H2,28,29,31). The van der Waals surface area contributed by atoms with Crippen LogP contribution in [0, 0.1) is 0 Å². The van der Waals surface area contributed by atoms with E-state index in [-0.39, 0.29) is 12.5 Å². The summed E-state index contributed by atoms with van der Waals surface area (Å²) in [5, 5.41) is 8.96. The molecule has 35 heavy (non-hydrogen) atoms. The fraction of sp³-hybridized carbons (Fsp3) is 0.125. The number of hydrogen-bond donors (Lipinski definition) is 2. The van der Waals surface area contributed by atoms with Crippen molar-refractivity contribution in [2.24, 2.45) is 4.99 Å². The fourth-order valence-corrected chi connectivity index (χ4v) is 3.99. The topological polar surface area (TPSA) is 101 Å². The minimum Gasteiger partial charge on any atom is -0.350 e. The van der Waals surface area contributed by atoms with Gasteiger partial charge in [-0.1, -0.05) is 41.4 Å². The average Bonchev–Trinajstić information content (AvgIpc) is 3.26. The number of aliphatic imine (C=N–C) groups is 1. The van der Waals surface area contributed by atoms with Crippen molar-refractivity contribution >= 4 is 39.2 Å². The molecule has 180 valence electrons. The van der Waals surface area contributed by atoms with E-state index in [9.17, 15) is 8.42 Å². The van der Waals surface area contributed by atoms with Crippen molar-refractivity contribution in [2.75, 3.05) is 6.26 Å². The van der Waals surface area contributed by atoms with Crippen LogP contribution in [0.5, 0.6) is 0 Å². The summed E-state index contributed by atoms with van der Waals surface area (Å²) in [4.78, 5) is 8.66. The SMILES string of the molecule is CS(=O)(=O)NC(=NCc1cc(-c2ccc(Cl)cc2)n(-c2ccc(Cl)cc2)n1)NCc1ccccn1. The van der Waals surface area contributed by atoms with E-state index in [2.05, 4.69) is 20.0 Å². The van der Waals surface area contributed by atoms with Crippen molar-refractivity contribution in [3.05, 3.63) is 100 Å². The first kappa shape index (κ1) is 24.7. The smallest absolute Gasteiger partial charge is 0.232 e. The van der Waals surface area contributed by atoms with Crippen LogP contribution in [0.25, 0.3) is 16.9 Å². The van der Waals surface area contributed by atoms with Gasteiger partial charge in [-0.3, -0.25) is 9.71 Å². The van der Waals surface area contributed by atoms with E-state index < -0.39 is 10.0 Å². The third-order valence-corrected chi connectivity index (χ3v) is 5.88. The van der Waals surface area contributed by atoms with Gasteiger partial charge in [0.25, 0.3) is 0 Å². The van der Waals surface area contributed by atoms with E-state index >= 15 is 0 Å². The lowest BCUT2D eigenvalue weighted by Gasteiger charge is -2.10. The van der Waals surface area contributed by atoms with Crippen LogP contribution in [0.3, 0.4) is 0 Å². The van der Waals surface area contributed by atoms with Gasteiger partial charge >= 0.3 is 0 Å². The Bertz CT molecular complexity index is 1360. The number of benzene rings is 2. The number of pyridine rings is 1. The molecule has 0 atom stereocenters. The summed E-state index contributed by atoms with van der Waals surface area (Å²) >= 11 is 12.1. The third-order valence-electron chi connectivity index (χ3n) is 4.82. The van der Waals surface area contributed by atoms with Crippen LogP contribution in [0.15, 0.2) is 84.0 Å². The summed E-state index contributed by atoms with van der Waals surface area (Å²) < 4.78 is 27.9. The number of aromatic nitrogens is 3. The van der Waals surface area contributed by atoms with Crippen LogP contribution in [0.1, 0.15) is 11.4 Å². The van der Waals surface area contributed by atoms with Crippen molar-refractivity contribution in [1.82, 2.24) is 24.8 Å². The molecule has 4 rings (SSSR count). The molecule has 11 heteroatoms. The van der Waals surface area contributed by atoms with Gasteiger partial charge in [0.1, 0.15) is 0 Å². The molecule has 0 amide bonds. The van der Waals surface area contributed by atoms with E-state index in [1.165, 1.54) is 0 Å². The van der Waals surface area contributed by atoms with E-state index in [0.717, 1.165) is 28.9 Å². The molecular weight excluding hydrogens is 507 g/mol. The zero-order valence-electron chi connectivity index (χ0n) is 18.7. The average molecular weight is 529 g/mol. The van der Waals surface area contributed by atoms with Gasteiger partial charge in [0.2, 0.25) is 16.0 Å². The molecule has 0 aliphatic heterocycles. The molecule has 0 saturated carbocycles. The first-order valence-electron chi connectivity index (χ1n) is 10.5. The molecule has 2 heterocycles. The Morgan fingerprint density at radius 1 is 0.971 bits per heavy atom. The zero-order chi connectivity index (χ0) is 24.8. The molecule has 2 aromatic heterocycles. The van der Waals surface area contributed by atoms with Crippen molar-refractivity contribution in [3.8, 4) is 16.9 Å². The molecule has 0 unspecified atom stereocenters. The van der Waals surface area contributed by atoms with Gasteiger partial charge < -0.3 is 5.32 Å². The number of guanidine groups is 1. The first-order chi connectivity index (χ1) is 16.8. The van der Waals surface area contributed by atoms with Crippen molar-refractivity contribution in [2.45, 2.75) is 13.1 Å². The lowest BCUT2D eigenvalue weighted by atomic mass is 10.1. The molecule has 4 aromatic rings. The number of sulfonamides is 1. The molecular formula is C24H22Cl2N6O2S. The summed E-state index contributed by atoms with van der Waals surface area (Å²) in [6.07, 6.45) is 2.73. The van der Waals surface area contributed by atoms with Crippen LogP contribution in [-0.4, -0.2) is 35.4 Å². The molecule has 8 nitrogen and oxygen atoms in total. The maximum absolute atomic E-state index is 11.9. The Balaban J connectivity index is 1.64. The Labute approximate surface area is 213 Å². The lowest BCUT2D eigenvalue weighted by Crippen LogP contribution is -2.40. The molecule has 0 aliphatic rings. The summed E-state index contributed by atoms with van der Waals surface area (Å²) in [5.74, 6) is 0.104. The number of rotatable bonds is 7. The van der Waals surface area contributed by atoms with Gasteiger partial charge in [-0.25, -0.2) is 18.1 Å². The van der Waals surface area contributed by atoms with E-state index in [0.29, 0.717) is 22.3 Å². The molecule has 0 bridgehead atoms. The van der Waals surface area contributed by atoms with Gasteiger partial charge in [0, 0.05) is 21.8 Å². The zero-order valence-corrected chi connectivity index (χ0v) is 21.0. The van der Waals surface area contributed by atoms with Crippen LogP contribution >= 0.6 is 23.2 Å². The van der Waals surface area contributed by atoms with Gasteiger partial charge in [0.15, 0.2) is 0 Å². The third kappa shape index (κ3) is 7.05. The number of nitrogens with zero attached hydrogens (tertiary/aromatic N) is 4. The second kappa shape index (κ2) is 10.9. The van der Waals surface area contributed by atoms with Crippen LogP contribution < -0.4 is 10.0 Å². The Morgan fingerprint density at radius 3 is 2.29 bits per heavy atom. The lowest BCUT2D eigenvalue weighted by molar-refractivity contribution is 0.597. The minimum atomic E-state index is -3.54. The summed E-state index contributed by atoms with van der Waals surface area (Å²) in [5.41, 5.74) is 3.94. The van der Waals surface area contributed by atoms with Crippen LogP contribution in [0.4, 0.5) is 0 Å². The van der Waals surface area contributed by atoms with Crippen molar-refractivity contribution in [1.29, 1.82) is 0 Å². The Kier molecular flexibility index (Phi) is 7.70. The molecule has 2 N–H and O–H groups in total. The summed E-state index contributed by atoms with van der Waals surface area (Å²) in [6.45, 7) is 0.436. The highest BCUT2D eigenvalue weighted by atomic mass is 35.5. The normalized spacial score (nSPS) is 11.9. The maximum Gasteiger partial charge on any atom is 0.232 e. The second-order valence-corrected chi connectivity index (χ2v) is 10.3. The predicted molar refractivity (Wildman–Crippen MR) is 139 cm³/mol. The van der Waals surface area contributed by atoms with Gasteiger partial charge in [-0.05, 0) is 54.6 Å². The van der Waals surface area contributed by atoms with Crippen molar-refractivity contribution in [3.63, 3.8) is 0 Å². The van der Waals surface area contributed by atoms with Crippen molar-refractivity contribution < 1.29 is 8.42 Å². The highest BCUT2D eigenvalue weighted by Crippen LogP contribution is 2.26. The summed E-state index contributed by atoms with van der Waals surface area (Å²) in [7, 11) is -3.54. The van der Waals surface area contributed by atoms with Gasteiger partial charge in [0.05, 0.1) is 42.1 Å². The van der Waals surface area contributed by atoms with E-state index in [4.69, 9.17) is 28.3 Å². The van der Waals surface area contributed by atoms with Crippen LogP contribution in [0.2, 0.25) is 10.0 Å². The highest BCUT2D eigenvalue weighted by Gasteiger charge is 2.13. The molecule has 0 radical (unpaired) electrons. The highest BCUT2D eigenvalue weighted by molar-refractivity contribution is 7.89. The maximum atomic E-state index is 11.9. The molecule has 0 saturated heterocycles. The summed E-state index contributed by atoms with van der Waals surface area (Å²) in [6, 6.07) is 22.1. The predicted octanol–water partition coefficient (Wildman–Crippen LogP) is 4.44. The van der Waals surface area contributed by atoms with E-state index in [1.54, 1.807) is 23.0 Å². The van der Waals surface area contributed by atoms with E-state index in [1.807, 2.05) is 60.7 Å². The van der Waals surface area contributed by atoms with Gasteiger partial charge in [-0.2, -0.15) is 5.10 Å². The second-order valence-electron chi connectivity index (χ2n) is 7.63. The molecule has 0 fully saturated rings. The Morgan fingerprint density at radius 2 is 1.66 bits per heavy atom. The number of halogens is 2. The quantitative estimate of drug-likeness (QED) is 0.272. The number of nitrogens with one attached hydrogen (secondary N) is 2. The van der Waals surface area contributed by atoms with Gasteiger partial charge in [-0.15, -0.1) is 0 Å². The number of hydrogen-bond acceptors (Lipinski definition) is 5. The fourth-order valence-electron chi connectivity index (χ4n) is 3.25. The molecule has 0 spiro atoms. The minimum absolute atomic E-state index is 0.104. The molecule has 0 aliphatic carbocycles. The Hall–Kier alpha value is -3.40. The monoisotopic (exact) mass is 528 g/mol. The van der Waals surface area contributed by atoms with Crippen LogP contribution in [-0.2, 0) is 23.1 Å². The largest absolute Gasteiger partial charge is 0.350 e. The molecule has 2 aromatic carbocycles. The first-order valence-corrected chi connectivity index (χ1v) is 13.2.